The molecule has 26 heavy (non-hydrogen) atoms. The summed E-state index contributed by atoms with van der Waals surface area (Å²) in [5, 5.41) is 3.11. The van der Waals surface area contributed by atoms with Crippen LogP contribution in [0.3, 0.4) is 0 Å². The summed E-state index contributed by atoms with van der Waals surface area (Å²) >= 11 is 5.37. The summed E-state index contributed by atoms with van der Waals surface area (Å²) < 4.78 is 10.7. The van der Waals surface area contributed by atoms with Gasteiger partial charge in [0.15, 0.2) is 5.11 Å². The number of hydrogen-bond acceptors (Lipinski definition) is 5. The third-order valence-electron chi connectivity index (χ3n) is 3.66. The molecule has 1 N–H and O–H groups in total. The van der Waals surface area contributed by atoms with Crippen molar-refractivity contribution in [2.45, 2.75) is 52.9 Å². The number of allylic oxidation sites excluding steroid dienone is 1. The molecule has 2 rings (SSSR count). The van der Waals surface area contributed by atoms with Crippen LogP contribution in [0.25, 0.3) is 0 Å². The minimum absolute atomic E-state index is 0.183. The van der Waals surface area contributed by atoms with Crippen LogP contribution < -0.4 is 5.32 Å². The van der Waals surface area contributed by atoms with Crippen LogP contribution in [0.5, 0.6) is 0 Å². The number of carbonyl (C=O) groups excluding carboxylic acids is 2. The van der Waals surface area contributed by atoms with Gasteiger partial charge in [0.25, 0.3) is 0 Å². The van der Waals surface area contributed by atoms with Crippen LogP contribution in [-0.2, 0) is 14.3 Å². The number of hydrogen-bond donors (Lipinski definition) is 1. The lowest BCUT2D eigenvalue weighted by atomic mass is 9.94. The van der Waals surface area contributed by atoms with Crippen molar-refractivity contribution in [3.63, 3.8) is 0 Å². The van der Waals surface area contributed by atoms with Gasteiger partial charge in [0, 0.05) is 5.70 Å². The lowest BCUT2D eigenvalue weighted by Gasteiger charge is -2.38. The zero-order chi connectivity index (χ0) is 19.4. The molecule has 1 unspecified atom stereocenters. The van der Waals surface area contributed by atoms with Gasteiger partial charge in [0.05, 0.1) is 17.8 Å². The van der Waals surface area contributed by atoms with Crippen molar-refractivity contribution in [2.24, 2.45) is 0 Å². The van der Waals surface area contributed by atoms with Crippen LogP contribution in [0.2, 0.25) is 0 Å². The van der Waals surface area contributed by atoms with E-state index in [1.54, 1.807) is 34.6 Å². The maximum atomic E-state index is 12.8. The topological polar surface area (TPSA) is 67.9 Å². The fraction of sp³-hybridized carbons (Fsp3) is 0.421. The van der Waals surface area contributed by atoms with Crippen molar-refractivity contribution >= 4 is 29.4 Å². The molecule has 0 saturated carbocycles. The number of nitrogens with one attached hydrogen (secondary N) is 1. The number of ether oxygens (including phenoxy) is 2. The van der Waals surface area contributed by atoms with Crippen LogP contribution in [0.1, 0.15) is 46.2 Å². The second kappa shape index (κ2) is 8.31. The highest BCUT2D eigenvalue weighted by Crippen LogP contribution is 2.35. The molecule has 0 saturated heterocycles. The minimum atomic E-state index is -0.720. The molecule has 0 bridgehead atoms. The fourth-order valence-corrected chi connectivity index (χ4v) is 3.01. The highest BCUT2D eigenvalue weighted by Gasteiger charge is 2.41. The van der Waals surface area contributed by atoms with Crippen molar-refractivity contribution in [1.82, 2.24) is 10.2 Å². The molecule has 7 heteroatoms. The normalized spacial score (nSPS) is 17.4. The first-order chi connectivity index (χ1) is 12.2. The number of nitrogens with zero attached hydrogens (tertiary/aromatic N) is 1. The van der Waals surface area contributed by atoms with Gasteiger partial charge in [0.2, 0.25) is 0 Å². The molecule has 1 aromatic carbocycles. The molecule has 1 heterocycles. The van der Waals surface area contributed by atoms with E-state index in [1.165, 1.54) is 4.90 Å². The van der Waals surface area contributed by atoms with Gasteiger partial charge in [-0.3, -0.25) is 0 Å². The summed E-state index contributed by atoms with van der Waals surface area (Å²) in [7, 11) is 0. The predicted octanol–water partition coefficient (Wildman–Crippen LogP) is 3.69. The molecule has 1 aliphatic heterocycles. The fourth-order valence-electron chi connectivity index (χ4n) is 2.68. The molecular formula is C19H24N2O4S. The van der Waals surface area contributed by atoms with Crippen LogP contribution in [-0.4, -0.2) is 34.3 Å². The number of benzene rings is 1. The summed E-state index contributed by atoms with van der Waals surface area (Å²) in [6.07, 6.45) is -1.22. The summed E-state index contributed by atoms with van der Waals surface area (Å²) in [6, 6.07) is 8.50. The zero-order valence-corrected chi connectivity index (χ0v) is 16.4. The SMILES string of the molecule is CC1=C(C(=O)OC(C)C)C(c2ccccc2)N(C(=O)OC(C)C)C(=S)N1. The number of esters is 1. The van der Waals surface area contributed by atoms with Crippen LogP contribution >= 0.6 is 12.2 Å². The lowest BCUT2D eigenvalue weighted by molar-refractivity contribution is -0.143. The van der Waals surface area contributed by atoms with Gasteiger partial charge >= 0.3 is 12.1 Å². The third kappa shape index (κ3) is 4.40. The Morgan fingerprint density at radius 3 is 2.19 bits per heavy atom. The van der Waals surface area contributed by atoms with Crippen molar-refractivity contribution in [3.8, 4) is 0 Å². The molecule has 0 radical (unpaired) electrons. The van der Waals surface area contributed by atoms with Crippen molar-refractivity contribution in [2.75, 3.05) is 0 Å². The molecule has 1 amide bonds. The second-order valence-electron chi connectivity index (χ2n) is 6.54. The monoisotopic (exact) mass is 376 g/mol. The van der Waals surface area contributed by atoms with Gasteiger partial charge in [-0.25, -0.2) is 14.5 Å². The highest BCUT2D eigenvalue weighted by atomic mass is 32.1. The van der Waals surface area contributed by atoms with Crippen molar-refractivity contribution in [1.29, 1.82) is 0 Å². The van der Waals surface area contributed by atoms with Gasteiger partial charge in [-0.15, -0.1) is 0 Å². The summed E-state index contributed by atoms with van der Waals surface area (Å²) in [5.41, 5.74) is 1.63. The van der Waals surface area contributed by atoms with Gasteiger partial charge in [0.1, 0.15) is 6.04 Å². The standard InChI is InChI=1S/C19H24N2O4S/c1-11(2)24-17(22)15-13(5)20-18(26)21(19(23)25-12(3)4)16(15)14-9-7-6-8-10-14/h6-12,16H,1-5H3,(H,20,26). The number of rotatable bonds is 4. The molecule has 140 valence electrons. The first-order valence-corrected chi connectivity index (χ1v) is 8.90. The number of carbonyl (C=O) groups is 2. The largest absolute Gasteiger partial charge is 0.459 e. The van der Waals surface area contributed by atoms with E-state index in [1.807, 2.05) is 30.3 Å². The first-order valence-electron chi connectivity index (χ1n) is 8.49. The maximum Gasteiger partial charge on any atom is 0.417 e. The van der Waals surface area contributed by atoms with Gasteiger partial charge in [-0.05, 0) is 52.4 Å². The van der Waals surface area contributed by atoms with E-state index in [0.29, 0.717) is 11.3 Å². The van der Waals surface area contributed by atoms with Gasteiger partial charge in [-0.1, -0.05) is 30.3 Å². The minimum Gasteiger partial charge on any atom is -0.459 e. The summed E-state index contributed by atoms with van der Waals surface area (Å²) in [5.74, 6) is -0.497. The number of thiocarbonyl (C=S) groups is 1. The number of amides is 1. The molecule has 0 fully saturated rings. The van der Waals surface area contributed by atoms with Crippen molar-refractivity contribution in [3.05, 3.63) is 47.2 Å². The first kappa shape index (κ1) is 19.9. The Morgan fingerprint density at radius 2 is 1.65 bits per heavy atom. The van der Waals surface area contributed by atoms with Crippen LogP contribution in [0.15, 0.2) is 41.6 Å². The van der Waals surface area contributed by atoms with E-state index < -0.39 is 18.1 Å². The Morgan fingerprint density at radius 1 is 1.08 bits per heavy atom. The van der Waals surface area contributed by atoms with Crippen LogP contribution in [0, 0.1) is 0 Å². The molecule has 1 aromatic rings. The average molecular weight is 376 g/mol. The molecule has 0 aliphatic carbocycles. The van der Waals surface area contributed by atoms with E-state index in [9.17, 15) is 9.59 Å². The van der Waals surface area contributed by atoms with Crippen molar-refractivity contribution < 1.29 is 19.1 Å². The Bertz CT molecular complexity index is 728. The third-order valence-corrected chi connectivity index (χ3v) is 3.96. The van der Waals surface area contributed by atoms with E-state index in [0.717, 1.165) is 5.56 Å². The lowest BCUT2D eigenvalue weighted by Crippen LogP contribution is -2.51. The van der Waals surface area contributed by atoms with Gasteiger partial charge in [-0.2, -0.15) is 0 Å². The average Bonchev–Trinajstić information content (AvgIpc) is 2.53. The molecule has 1 aliphatic rings. The maximum absolute atomic E-state index is 12.8. The smallest absolute Gasteiger partial charge is 0.417 e. The molecule has 0 aromatic heterocycles. The molecule has 0 spiro atoms. The van der Waals surface area contributed by atoms with Gasteiger partial charge < -0.3 is 14.8 Å². The highest BCUT2D eigenvalue weighted by molar-refractivity contribution is 7.80. The zero-order valence-electron chi connectivity index (χ0n) is 15.6. The summed E-state index contributed by atoms with van der Waals surface area (Å²) in [6.45, 7) is 8.80. The molecular weight excluding hydrogens is 352 g/mol. The van der Waals surface area contributed by atoms with E-state index >= 15 is 0 Å². The summed E-state index contributed by atoms with van der Waals surface area (Å²) in [4.78, 5) is 26.7. The Kier molecular flexibility index (Phi) is 6.37. The second-order valence-corrected chi connectivity index (χ2v) is 6.93. The van der Waals surface area contributed by atoms with E-state index in [4.69, 9.17) is 21.7 Å². The predicted molar refractivity (Wildman–Crippen MR) is 102 cm³/mol. The quantitative estimate of drug-likeness (QED) is 0.639. The van der Waals surface area contributed by atoms with E-state index in [-0.39, 0.29) is 17.3 Å². The van der Waals surface area contributed by atoms with Crippen LogP contribution in [0.4, 0.5) is 4.79 Å². The molecule has 6 nitrogen and oxygen atoms in total. The Balaban J connectivity index is 2.56. The Hall–Kier alpha value is -2.41. The molecule has 1 atom stereocenters. The van der Waals surface area contributed by atoms with E-state index in [2.05, 4.69) is 5.32 Å². The Labute approximate surface area is 159 Å².